The van der Waals surface area contributed by atoms with Gasteiger partial charge >= 0.3 is 5.97 Å². The highest BCUT2D eigenvalue weighted by atomic mass is 35.5. The van der Waals surface area contributed by atoms with E-state index in [1.54, 1.807) is 38.1 Å². The van der Waals surface area contributed by atoms with Gasteiger partial charge in [0.05, 0.1) is 15.7 Å². The first-order chi connectivity index (χ1) is 12.4. The van der Waals surface area contributed by atoms with E-state index in [9.17, 15) is 9.59 Å². The van der Waals surface area contributed by atoms with Crippen LogP contribution < -0.4 is 4.74 Å². The van der Waals surface area contributed by atoms with Crippen LogP contribution in [-0.2, 0) is 11.3 Å². The van der Waals surface area contributed by atoms with Gasteiger partial charge in [0.25, 0.3) is 0 Å². The molecular weight excluding hydrogens is 375 g/mol. The summed E-state index contributed by atoms with van der Waals surface area (Å²) in [6.07, 6.45) is 5.15. The molecule has 0 spiro atoms. The molecule has 0 aliphatic rings. The standard InChI is InChI=1S/C19H18Cl2N2O3/c1-4-6-10-23-19(26-16(24)7-5-2)17(12(3)22-23)18(25)13-8-9-14(20)15(21)11-13/h4-5,7-9,11H,1,6,10H2,2-3H3. The number of aromatic nitrogens is 2. The highest BCUT2D eigenvalue weighted by molar-refractivity contribution is 6.42. The van der Waals surface area contributed by atoms with Crippen molar-refractivity contribution in [2.24, 2.45) is 0 Å². The minimum Gasteiger partial charge on any atom is -0.404 e. The number of hydrogen-bond acceptors (Lipinski definition) is 4. The number of rotatable bonds is 7. The van der Waals surface area contributed by atoms with Crippen LogP contribution in [0.2, 0.25) is 10.0 Å². The average Bonchev–Trinajstić information content (AvgIpc) is 2.90. The molecule has 1 aromatic heterocycles. The van der Waals surface area contributed by atoms with Gasteiger partial charge in [-0.2, -0.15) is 5.10 Å². The molecule has 0 radical (unpaired) electrons. The summed E-state index contributed by atoms with van der Waals surface area (Å²) < 4.78 is 6.88. The predicted molar refractivity (Wildman–Crippen MR) is 102 cm³/mol. The Bertz CT molecular complexity index is 885. The van der Waals surface area contributed by atoms with Crippen molar-refractivity contribution in [3.8, 4) is 5.88 Å². The zero-order chi connectivity index (χ0) is 19.3. The number of aryl methyl sites for hydroxylation is 2. The maximum atomic E-state index is 13.0. The van der Waals surface area contributed by atoms with Crippen LogP contribution in [0.3, 0.4) is 0 Å². The SMILES string of the molecule is C=CCCn1nc(C)c(C(=O)c2ccc(Cl)c(Cl)c2)c1OC(=O)C=CC. The molecule has 0 amide bonds. The van der Waals surface area contributed by atoms with Crippen LogP contribution in [0.15, 0.2) is 43.0 Å². The van der Waals surface area contributed by atoms with Gasteiger partial charge in [-0.1, -0.05) is 35.4 Å². The molecule has 2 aromatic rings. The van der Waals surface area contributed by atoms with Crippen molar-refractivity contribution >= 4 is 35.0 Å². The monoisotopic (exact) mass is 392 g/mol. The molecule has 1 aromatic carbocycles. The van der Waals surface area contributed by atoms with Crippen LogP contribution >= 0.6 is 23.2 Å². The Hall–Kier alpha value is -2.37. The molecule has 0 bridgehead atoms. The number of halogens is 2. The molecule has 2 rings (SSSR count). The summed E-state index contributed by atoms with van der Waals surface area (Å²) in [5.41, 5.74) is 0.993. The highest BCUT2D eigenvalue weighted by Gasteiger charge is 2.25. The lowest BCUT2D eigenvalue weighted by Crippen LogP contribution is -2.13. The second-order valence-corrected chi connectivity index (χ2v) is 6.26. The molecule has 5 nitrogen and oxygen atoms in total. The number of carbonyl (C=O) groups excluding carboxylic acids is 2. The smallest absolute Gasteiger partial charge is 0.337 e. The largest absolute Gasteiger partial charge is 0.404 e. The van der Waals surface area contributed by atoms with Gasteiger partial charge in [-0.25, -0.2) is 9.48 Å². The Kier molecular flexibility index (Phi) is 6.77. The second-order valence-electron chi connectivity index (χ2n) is 5.45. The maximum absolute atomic E-state index is 13.0. The molecule has 1 heterocycles. The third kappa shape index (κ3) is 4.42. The first-order valence-corrected chi connectivity index (χ1v) is 8.67. The van der Waals surface area contributed by atoms with Crippen molar-refractivity contribution in [3.05, 3.63) is 69.9 Å². The number of esters is 1. The van der Waals surface area contributed by atoms with Gasteiger partial charge in [-0.05, 0) is 38.5 Å². The van der Waals surface area contributed by atoms with E-state index < -0.39 is 5.97 Å². The van der Waals surface area contributed by atoms with E-state index in [0.29, 0.717) is 29.2 Å². The van der Waals surface area contributed by atoms with Crippen molar-refractivity contribution in [1.29, 1.82) is 0 Å². The number of benzene rings is 1. The second kappa shape index (κ2) is 8.83. The van der Waals surface area contributed by atoms with Gasteiger partial charge in [0.15, 0.2) is 5.78 Å². The minimum absolute atomic E-state index is 0.100. The van der Waals surface area contributed by atoms with Gasteiger partial charge < -0.3 is 4.74 Å². The Labute approximate surface area is 161 Å². The van der Waals surface area contributed by atoms with E-state index in [1.165, 1.54) is 16.8 Å². The van der Waals surface area contributed by atoms with Crippen molar-refractivity contribution in [2.45, 2.75) is 26.8 Å². The highest BCUT2D eigenvalue weighted by Crippen LogP contribution is 2.29. The van der Waals surface area contributed by atoms with Crippen molar-refractivity contribution in [1.82, 2.24) is 9.78 Å². The van der Waals surface area contributed by atoms with Gasteiger partial charge in [0.2, 0.25) is 5.88 Å². The molecular formula is C19H18Cl2N2O3. The molecule has 0 saturated carbocycles. The Morgan fingerprint density at radius 2 is 2.04 bits per heavy atom. The van der Waals surface area contributed by atoms with Crippen molar-refractivity contribution < 1.29 is 14.3 Å². The first-order valence-electron chi connectivity index (χ1n) is 7.91. The fraction of sp³-hybridized carbons (Fsp3) is 0.211. The Balaban J connectivity index is 2.52. The topological polar surface area (TPSA) is 61.2 Å². The molecule has 0 N–H and O–H groups in total. The average molecular weight is 393 g/mol. The Morgan fingerprint density at radius 3 is 2.65 bits per heavy atom. The quantitative estimate of drug-likeness (QED) is 0.294. The summed E-state index contributed by atoms with van der Waals surface area (Å²) in [4.78, 5) is 24.9. The minimum atomic E-state index is -0.588. The van der Waals surface area contributed by atoms with Crippen LogP contribution in [0.25, 0.3) is 0 Å². The summed E-state index contributed by atoms with van der Waals surface area (Å²) in [5.74, 6) is -0.840. The number of carbonyl (C=O) groups is 2. The maximum Gasteiger partial charge on any atom is 0.337 e. The number of ketones is 1. The third-order valence-electron chi connectivity index (χ3n) is 3.53. The van der Waals surface area contributed by atoms with E-state index in [-0.39, 0.29) is 22.2 Å². The van der Waals surface area contributed by atoms with Gasteiger partial charge in [0.1, 0.15) is 5.56 Å². The molecule has 7 heteroatoms. The van der Waals surface area contributed by atoms with E-state index in [1.807, 2.05) is 0 Å². The molecule has 0 saturated heterocycles. The Morgan fingerprint density at radius 1 is 1.31 bits per heavy atom. The number of allylic oxidation sites excluding steroid dienone is 2. The lowest BCUT2D eigenvalue weighted by molar-refractivity contribution is -0.129. The zero-order valence-corrected chi connectivity index (χ0v) is 16.0. The lowest BCUT2D eigenvalue weighted by Gasteiger charge is -2.08. The van der Waals surface area contributed by atoms with Crippen LogP contribution in [0.4, 0.5) is 0 Å². The van der Waals surface area contributed by atoms with Crippen LogP contribution in [0.5, 0.6) is 5.88 Å². The van der Waals surface area contributed by atoms with Gasteiger partial charge in [-0.3, -0.25) is 4.79 Å². The molecule has 0 atom stereocenters. The van der Waals surface area contributed by atoms with Gasteiger partial charge in [0, 0.05) is 18.2 Å². The first kappa shape index (κ1) is 19.9. The molecule has 0 aliphatic carbocycles. The normalized spacial score (nSPS) is 10.9. The third-order valence-corrected chi connectivity index (χ3v) is 4.27. The molecule has 0 aliphatic heterocycles. The van der Waals surface area contributed by atoms with E-state index in [2.05, 4.69) is 11.7 Å². The zero-order valence-electron chi connectivity index (χ0n) is 14.5. The van der Waals surface area contributed by atoms with Crippen LogP contribution in [0, 0.1) is 6.92 Å². The summed E-state index contributed by atoms with van der Waals surface area (Å²) in [7, 11) is 0. The summed E-state index contributed by atoms with van der Waals surface area (Å²) in [6, 6.07) is 4.58. The lowest BCUT2D eigenvalue weighted by atomic mass is 10.0. The van der Waals surface area contributed by atoms with Crippen molar-refractivity contribution in [2.75, 3.05) is 0 Å². The number of nitrogens with zero attached hydrogens (tertiary/aromatic N) is 2. The van der Waals surface area contributed by atoms with Gasteiger partial charge in [-0.15, -0.1) is 6.58 Å². The molecule has 0 fully saturated rings. The van der Waals surface area contributed by atoms with E-state index in [0.717, 1.165) is 0 Å². The van der Waals surface area contributed by atoms with E-state index >= 15 is 0 Å². The summed E-state index contributed by atoms with van der Waals surface area (Å²) in [5, 5.41) is 4.95. The number of ether oxygens (including phenoxy) is 1. The van der Waals surface area contributed by atoms with E-state index in [4.69, 9.17) is 27.9 Å². The molecule has 136 valence electrons. The summed E-state index contributed by atoms with van der Waals surface area (Å²) in [6.45, 7) is 7.48. The number of hydrogen-bond donors (Lipinski definition) is 0. The fourth-order valence-electron chi connectivity index (χ4n) is 2.34. The molecule has 26 heavy (non-hydrogen) atoms. The fourth-order valence-corrected chi connectivity index (χ4v) is 2.64. The summed E-state index contributed by atoms with van der Waals surface area (Å²) >= 11 is 11.9. The van der Waals surface area contributed by atoms with Crippen LogP contribution in [-0.4, -0.2) is 21.5 Å². The predicted octanol–water partition coefficient (Wildman–Crippen LogP) is 4.79. The van der Waals surface area contributed by atoms with Crippen molar-refractivity contribution in [3.63, 3.8) is 0 Å². The molecule has 0 unspecified atom stereocenters. The van der Waals surface area contributed by atoms with Crippen LogP contribution in [0.1, 0.15) is 35.0 Å².